The molecular formula is C18H14Cl2O2S. The van der Waals surface area contributed by atoms with E-state index in [2.05, 4.69) is 0 Å². The van der Waals surface area contributed by atoms with Crippen LogP contribution in [0.2, 0.25) is 9.36 Å². The van der Waals surface area contributed by atoms with Crippen LogP contribution in [0.25, 0.3) is 0 Å². The Kier molecular flexibility index (Phi) is 5.11. The number of halogens is 2. The van der Waals surface area contributed by atoms with Gasteiger partial charge in [-0.2, -0.15) is 0 Å². The monoisotopic (exact) mass is 364 g/mol. The predicted molar refractivity (Wildman–Crippen MR) is 96.4 cm³/mol. The fraction of sp³-hybridized carbons (Fsp3) is 0.111. The largest absolute Gasteiger partial charge is 0.489 e. The van der Waals surface area contributed by atoms with Gasteiger partial charge in [0, 0.05) is 10.9 Å². The van der Waals surface area contributed by atoms with Gasteiger partial charge in [-0.25, -0.2) is 0 Å². The summed E-state index contributed by atoms with van der Waals surface area (Å²) in [4.78, 5) is 0. The smallest absolute Gasteiger partial charge is 0.127 e. The van der Waals surface area contributed by atoms with Gasteiger partial charge in [0.1, 0.15) is 28.2 Å². The van der Waals surface area contributed by atoms with Gasteiger partial charge >= 0.3 is 0 Å². The molecule has 23 heavy (non-hydrogen) atoms. The molecule has 1 heterocycles. The second-order valence-corrected chi connectivity index (χ2v) is 6.89. The molecule has 0 unspecified atom stereocenters. The highest BCUT2D eigenvalue weighted by Crippen LogP contribution is 2.33. The first-order valence-electron chi connectivity index (χ1n) is 7.00. The van der Waals surface area contributed by atoms with Gasteiger partial charge in [0.2, 0.25) is 0 Å². The number of benzene rings is 2. The number of ether oxygens (including phenoxy) is 2. The summed E-state index contributed by atoms with van der Waals surface area (Å²) in [6, 6.07) is 15.4. The Morgan fingerprint density at radius 1 is 0.957 bits per heavy atom. The number of hydrogen-bond acceptors (Lipinski definition) is 3. The van der Waals surface area contributed by atoms with Crippen molar-refractivity contribution >= 4 is 34.5 Å². The Labute approximate surface area is 149 Å². The zero-order chi connectivity index (χ0) is 16.2. The Morgan fingerprint density at radius 3 is 2.35 bits per heavy atom. The van der Waals surface area contributed by atoms with Crippen LogP contribution < -0.4 is 9.47 Å². The Hall–Kier alpha value is -1.68. The molecule has 0 amide bonds. The molecule has 0 saturated heterocycles. The van der Waals surface area contributed by atoms with Crippen LogP contribution in [0.4, 0.5) is 0 Å². The predicted octanol–water partition coefficient (Wildman–Crippen LogP) is 6.73. The first-order chi connectivity index (χ1) is 11.1. The van der Waals surface area contributed by atoms with Crippen LogP contribution in [-0.2, 0) is 6.61 Å². The highest BCUT2D eigenvalue weighted by molar-refractivity contribution is 7.15. The SMILES string of the molecule is Cc1cccc(Oc2ccc(OCc3csc(Cl)c3Cl)cc2)c1. The van der Waals surface area contributed by atoms with E-state index in [1.165, 1.54) is 11.3 Å². The maximum atomic E-state index is 6.08. The van der Waals surface area contributed by atoms with Gasteiger partial charge in [-0.15, -0.1) is 11.3 Å². The van der Waals surface area contributed by atoms with Crippen molar-refractivity contribution in [1.82, 2.24) is 0 Å². The molecule has 0 saturated carbocycles. The molecule has 2 aromatic carbocycles. The van der Waals surface area contributed by atoms with Gasteiger partial charge < -0.3 is 9.47 Å². The standard InChI is InChI=1S/C18H14Cl2O2S/c1-12-3-2-4-16(9-12)22-15-7-5-14(6-8-15)21-10-13-11-23-18(20)17(13)19/h2-9,11H,10H2,1H3. The molecule has 1 aromatic heterocycles. The molecule has 0 N–H and O–H groups in total. The van der Waals surface area contributed by atoms with Crippen LogP contribution in [0.5, 0.6) is 17.2 Å². The van der Waals surface area contributed by atoms with Crippen LogP contribution in [-0.4, -0.2) is 0 Å². The van der Waals surface area contributed by atoms with E-state index in [1.807, 2.05) is 60.8 Å². The third-order valence-electron chi connectivity index (χ3n) is 3.20. The van der Waals surface area contributed by atoms with E-state index >= 15 is 0 Å². The second-order valence-electron chi connectivity index (χ2n) is 5.03. The highest BCUT2D eigenvalue weighted by Gasteiger charge is 2.08. The lowest BCUT2D eigenvalue weighted by atomic mass is 10.2. The van der Waals surface area contributed by atoms with Gasteiger partial charge in [0.15, 0.2) is 0 Å². The fourth-order valence-corrected chi connectivity index (χ4v) is 3.26. The van der Waals surface area contributed by atoms with E-state index in [4.69, 9.17) is 32.7 Å². The summed E-state index contributed by atoms with van der Waals surface area (Å²) in [6.45, 7) is 2.42. The molecule has 2 nitrogen and oxygen atoms in total. The molecule has 0 spiro atoms. The summed E-state index contributed by atoms with van der Waals surface area (Å²) < 4.78 is 12.1. The van der Waals surface area contributed by atoms with Crippen LogP contribution in [0.1, 0.15) is 11.1 Å². The molecule has 0 aliphatic heterocycles. The molecule has 5 heteroatoms. The molecule has 0 atom stereocenters. The van der Waals surface area contributed by atoms with Gasteiger partial charge in [-0.3, -0.25) is 0 Å². The van der Waals surface area contributed by atoms with E-state index in [-0.39, 0.29) is 0 Å². The first kappa shape index (κ1) is 16.2. The highest BCUT2D eigenvalue weighted by atomic mass is 35.5. The summed E-state index contributed by atoms with van der Waals surface area (Å²) >= 11 is 13.4. The average molecular weight is 365 g/mol. The van der Waals surface area contributed by atoms with E-state index < -0.39 is 0 Å². The molecule has 0 aliphatic rings. The fourth-order valence-electron chi connectivity index (χ4n) is 2.03. The van der Waals surface area contributed by atoms with Crippen LogP contribution in [0, 0.1) is 6.92 Å². The van der Waals surface area contributed by atoms with Crippen LogP contribution in [0.15, 0.2) is 53.9 Å². The van der Waals surface area contributed by atoms with Crippen molar-refractivity contribution in [1.29, 1.82) is 0 Å². The molecule has 0 bridgehead atoms. The molecule has 3 aromatic rings. The van der Waals surface area contributed by atoms with E-state index in [1.54, 1.807) is 0 Å². The van der Waals surface area contributed by atoms with Crippen LogP contribution in [0.3, 0.4) is 0 Å². The quantitative estimate of drug-likeness (QED) is 0.499. The van der Waals surface area contributed by atoms with Crippen molar-refractivity contribution in [3.63, 3.8) is 0 Å². The van der Waals surface area contributed by atoms with Gasteiger partial charge in [0.05, 0.1) is 5.02 Å². The van der Waals surface area contributed by atoms with Crippen molar-refractivity contribution in [2.75, 3.05) is 0 Å². The average Bonchev–Trinajstić information content (AvgIpc) is 2.86. The maximum absolute atomic E-state index is 6.08. The summed E-state index contributed by atoms with van der Waals surface area (Å²) in [6.07, 6.45) is 0. The lowest BCUT2D eigenvalue weighted by Crippen LogP contribution is -1.94. The van der Waals surface area contributed by atoms with Crippen LogP contribution >= 0.6 is 34.5 Å². The zero-order valence-corrected chi connectivity index (χ0v) is 14.7. The van der Waals surface area contributed by atoms with Crippen molar-refractivity contribution in [3.8, 4) is 17.2 Å². The van der Waals surface area contributed by atoms with Gasteiger partial charge in [-0.05, 0) is 48.9 Å². The van der Waals surface area contributed by atoms with E-state index in [0.29, 0.717) is 16.0 Å². The third kappa shape index (κ3) is 4.20. The number of hydrogen-bond donors (Lipinski definition) is 0. The van der Waals surface area contributed by atoms with Gasteiger partial charge in [0.25, 0.3) is 0 Å². The minimum atomic E-state index is 0.389. The molecule has 0 fully saturated rings. The Morgan fingerprint density at radius 2 is 1.70 bits per heavy atom. The second kappa shape index (κ2) is 7.26. The van der Waals surface area contributed by atoms with E-state index in [9.17, 15) is 0 Å². The van der Waals surface area contributed by atoms with Crippen molar-refractivity contribution < 1.29 is 9.47 Å². The van der Waals surface area contributed by atoms with Gasteiger partial charge in [-0.1, -0.05) is 35.3 Å². The van der Waals surface area contributed by atoms with Crippen molar-refractivity contribution in [2.45, 2.75) is 13.5 Å². The molecule has 118 valence electrons. The summed E-state index contributed by atoms with van der Waals surface area (Å²) in [5.74, 6) is 2.33. The lowest BCUT2D eigenvalue weighted by molar-refractivity contribution is 0.306. The van der Waals surface area contributed by atoms with E-state index in [0.717, 1.165) is 28.4 Å². The minimum Gasteiger partial charge on any atom is -0.489 e. The molecule has 0 aliphatic carbocycles. The maximum Gasteiger partial charge on any atom is 0.127 e. The third-order valence-corrected chi connectivity index (χ3v) is 5.11. The number of rotatable bonds is 5. The van der Waals surface area contributed by atoms with Crippen molar-refractivity contribution in [2.24, 2.45) is 0 Å². The lowest BCUT2D eigenvalue weighted by Gasteiger charge is -2.08. The zero-order valence-electron chi connectivity index (χ0n) is 12.4. The summed E-state index contributed by atoms with van der Waals surface area (Å²) in [5, 5.41) is 2.47. The summed E-state index contributed by atoms with van der Waals surface area (Å²) in [7, 11) is 0. The summed E-state index contributed by atoms with van der Waals surface area (Å²) in [5.41, 5.74) is 2.05. The normalized spacial score (nSPS) is 10.6. The van der Waals surface area contributed by atoms with Crippen molar-refractivity contribution in [3.05, 3.63) is 74.4 Å². The minimum absolute atomic E-state index is 0.389. The molecular weight excluding hydrogens is 351 g/mol. The Balaban J connectivity index is 1.62. The molecule has 0 radical (unpaired) electrons. The topological polar surface area (TPSA) is 18.5 Å². The number of aryl methyl sites for hydroxylation is 1. The Bertz CT molecular complexity index is 797. The first-order valence-corrected chi connectivity index (χ1v) is 8.64. The molecule has 3 rings (SSSR count). The number of thiophene rings is 1.